The Bertz CT molecular complexity index is 1130. The lowest BCUT2D eigenvalue weighted by molar-refractivity contribution is -0.113. The van der Waals surface area contributed by atoms with Crippen molar-refractivity contribution in [2.75, 3.05) is 11.1 Å². The third-order valence-electron chi connectivity index (χ3n) is 4.58. The van der Waals surface area contributed by atoms with Gasteiger partial charge in [0.2, 0.25) is 5.91 Å². The molecule has 30 heavy (non-hydrogen) atoms. The van der Waals surface area contributed by atoms with E-state index in [0.717, 1.165) is 22.7 Å². The van der Waals surface area contributed by atoms with E-state index in [4.69, 9.17) is 0 Å². The van der Waals surface area contributed by atoms with Crippen molar-refractivity contribution < 1.29 is 4.79 Å². The molecule has 0 bridgehead atoms. The lowest BCUT2D eigenvalue weighted by Crippen LogP contribution is -2.14. The molecule has 0 unspecified atom stereocenters. The van der Waals surface area contributed by atoms with Crippen molar-refractivity contribution in [2.24, 2.45) is 0 Å². The Kier molecular flexibility index (Phi) is 6.34. The molecule has 0 aliphatic rings. The molecule has 152 valence electrons. The van der Waals surface area contributed by atoms with Crippen LogP contribution in [0.25, 0.3) is 17.0 Å². The summed E-state index contributed by atoms with van der Waals surface area (Å²) in [7, 11) is 0. The minimum atomic E-state index is -0.0682. The Morgan fingerprint density at radius 1 is 1.03 bits per heavy atom. The Hall–Kier alpha value is -3.26. The largest absolute Gasteiger partial charge is 0.325 e. The summed E-state index contributed by atoms with van der Waals surface area (Å²) in [5.41, 5.74) is 3.63. The number of anilines is 1. The second kappa shape index (κ2) is 9.49. The smallest absolute Gasteiger partial charge is 0.234 e. The first kappa shape index (κ1) is 20.0. The molecule has 0 aliphatic carbocycles. The number of carbonyl (C=O) groups excluding carboxylic acids is 1. The number of aryl methyl sites for hydroxylation is 1. The van der Waals surface area contributed by atoms with Gasteiger partial charge in [-0.2, -0.15) is 9.61 Å². The Labute approximate surface area is 179 Å². The average Bonchev–Trinajstić information content (AvgIpc) is 3.21. The van der Waals surface area contributed by atoms with Gasteiger partial charge in [-0.15, -0.1) is 10.2 Å². The normalized spacial score (nSPS) is 11.0. The minimum Gasteiger partial charge on any atom is -0.325 e. The number of hydrogen-bond donors (Lipinski definition) is 1. The summed E-state index contributed by atoms with van der Waals surface area (Å²) in [6.45, 7) is 2.18. The molecule has 0 atom stereocenters. The van der Waals surface area contributed by atoms with Crippen LogP contribution in [0.4, 0.5) is 5.69 Å². The molecule has 0 saturated carbocycles. The molecule has 7 nitrogen and oxygen atoms in total. The molecule has 0 saturated heterocycles. The zero-order valence-electron chi connectivity index (χ0n) is 16.7. The summed E-state index contributed by atoms with van der Waals surface area (Å²) < 4.78 is 1.69. The van der Waals surface area contributed by atoms with Crippen molar-refractivity contribution in [2.45, 2.75) is 31.2 Å². The van der Waals surface area contributed by atoms with Gasteiger partial charge in [0.05, 0.1) is 5.75 Å². The third kappa shape index (κ3) is 4.83. The van der Waals surface area contributed by atoms with Crippen molar-refractivity contribution in [3.63, 3.8) is 0 Å². The number of amides is 1. The highest BCUT2D eigenvalue weighted by Gasteiger charge is 2.11. The second-order valence-corrected chi connectivity index (χ2v) is 7.83. The van der Waals surface area contributed by atoms with Crippen LogP contribution in [-0.4, -0.2) is 36.5 Å². The van der Waals surface area contributed by atoms with Crippen LogP contribution in [0.1, 0.15) is 25.3 Å². The lowest BCUT2D eigenvalue weighted by atomic mass is 10.1. The molecular weight excluding hydrogens is 396 g/mol. The molecule has 4 rings (SSSR count). The van der Waals surface area contributed by atoms with E-state index in [1.54, 1.807) is 16.9 Å². The number of rotatable bonds is 8. The van der Waals surface area contributed by atoms with Gasteiger partial charge in [-0.05, 0) is 54.8 Å². The van der Waals surface area contributed by atoms with E-state index in [1.807, 2.05) is 36.4 Å². The molecular formula is C22H22N6OS. The Morgan fingerprint density at radius 3 is 2.60 bits per heavy atom. The van der Waals surface area contributed by atoms with E-state index in [9.17, 15) is 4.79 Å². The number of unbranched alkanes of at least 4 members (excludes halogenated alkanes) is 1. The molecule has 3 aromatic heterocycles. The van der Waals surface area contributed by atoms with Gasteiger partial charge >= 0.3 is 0 Å². The highest BCUT2D eigenvalue weighted by atomic mass is 32.2. The van der Waals surface area contributed by atoms with Gasteiger partial charge in [-0.1, -0.05) is 37.2 Å². The number of benzene rings is 1. The van der Waals surface area contributed by atoms with Crippen LogP contribution in [0.3, 0.4) is 0 Å². The highest BCUT2D eigenvalue weighted by molar-refractivity contribution is 7.99. The zero-order chi connectivity index (χ0) is 20.8. The van der Waals surface area contributed by atoms with Crippen molar-refractivity contribution in [1.29, 1.82) is 0 Å². The van der Waals surface area contributed by atoms with Gasteiger partial charge in [0.25, 0.3) is 0 Å². The van der Waals surface area contributed by atoms with Gasteiger partial charge < -0.3 is 5.32 Å². The number of thioether (sulfide) groups is 1. The topological polar surface area (TPSA) is 85.1 Å². The van der Waals surface area contributed by atoms with Gasteiger partial charge in [0.1, 0.15) is 5.03 Å². The molecule has 4 aromatic rings. The van der Waals surface area contributed by atoms with Crippen LogP contribution < -0.4 is 5.32 Å². The van der Waals surface area contributed by atoms with E-state index in [1.165, 1.54) is 30.2 Å². The monoisotopic (exact) mass is 418 g/mol. The first-order valence-corrected chi connectivity index (χ1v) is 10.9. The predicted molar refractivity (Wildman–Crippen MR) is 118 cm³/mol. The summed E-state index contributed by atoms with van der Waals surface area (Å²) in [6.07, 6.45) is 6.83. The van der Waals surface area contributed by atoms with Crippen LogP contribution in [0.2, 0.25) is 0 Å². The van der Waals surface area contributed by atoms with E-state index < -0.39 is 0 Å². The number of carbonyl (C=O) groups is 1. The Morgan fingerprint density at radius 2 is 1.83 bits per heavy atom. The van der Waals surface area contributed by atoms with Crippen molar-refractivity contribution in [3.8, 4) is 11.4 Å². The molecule has 1 N–H and O–H groups in total. The maximum atomic E-state index is 12.3. The van der Waals surface area contributed by atoms with E-state index >= 15 is 0 Å². The van der Waals surface area contributed by atoms with Crippen molar-refractivity contribution in [1.82, 2.24) is 24.8 Å². The number of nitrogens with one attached hydrogen (secondary N) is 1. The summed E-state index contributed by atoms with van der Waals surface area (Å²) in [4.78, 5) is 16.4. The zero-order valence-corrected chi connectivity index (χ0v) is 17.5. The predicted octanol–water partition coefficient (Wildman–Crippen LogP) is 4.26. The molecule has 8 heteroatoms. The number of hydrogen-bond acceptors (Lipinski definition) is 6. The number of fused-ring (bicyclic) bond motifs is 1. The van der Waals surface area contributed by atoms with Crippen LogP contribution >= 0.6 is 11.8 Å². The summed E-state index contributed by atoms with van der Waals surface area (Å²) in [5, 5.41) is 16.6. The van der Waals surface area contributed by atoms with Crippen LogP contribution in [0.15, 0.2) is 66.0 Å². The third-order valence-corrected chi connectivity index (χ3v) is 5.50. The molecule has 3 heterocycles. The molecule has 1 amide bonds. The quantitative estimate of drug-likeness (QED) is 0.430. The van der Waals surface area contributed by atoms with E-state index in [-0.39, 0.29) is 11.7 Å². The first-order valence-electron chi connectivity index (χ1n) is 9.87. The maximum Gasteiger partial charge on any atom is 0.234 e. The van der Waals surface area contributed by atoms with Gasteiger partial charge in [-0.25, -0.2) is 0 Å². The molecule has 0 aliphatic heterocycles. The summed E-state index contributed by atoms with van der Waals surface area (Å²) >= 11 is 1.37. The fraction of sp³-hybridized carbons (Fsp3) is 0.227. The fourth-order valence-electron chi connectivity index (χ4n) is 3.00. The second-order valence-electron chi connectivity index (χ2n) is 6.84. The van der Waals surface area contributed by atoms with Gasteiger partial charge in [0.15, 0.2) is 11.5 Å². The van der Waals surface area contributed by atoms with Crippen LogP contribution in [0, 0.1) is 0 Å². The standard InChI is InChI=1S/C22H22N6OS/c1-2-3-4-16-5-7-18(8-6-16)24-20(29)15-30-21-10-9-19-25-26-22(28(19)27-21)17-11-13-23-14-12-17/h5-14H,2-4,15H2,1H3,(H,24,29). The van der Waals surface area contributed by atoms with Gasteiger partial charge in [-0.3, -0.25) is 9.78 Å². The van der Waals surface area contributed by atoms with E-state index in [2.05, 4.69) is 44.7 Å². The molecule has 0 fully saturated rings. The van der Waals surface area contributed by atoms with Gasteiger partial charge in [0, 0.05) is 23.6 Å². The average molecular weight is 419 g/mol. The number of pyridine rings is 1. The van der Waals surface area contributed by atoms with Crippen molar-refractivity contribution >= 4 is 29.0 Å². The summed E-state index contributed by atoms with van der Waals surface area (Å²) in [6, 6.07) is 15.5. The highest BCUT2D eigenvalue weighted by Crippen LogP contribution is 2.20. The molecule has 0 radical (unpaired) electrons. The Balaban J connectivity index is 1.39. The van der Waals surface area contributed by atoms with E-state index in [0.29, 0.717) is 11.5 Å². The SMILES string of the molecule is CCCCc1ccc(NC(=O)CSc2ccc3nnc(-c4ccncc4)n3n2)cc1. The fourth-order valence-corrected chi connectivity index (χ4v) is 3.66. The minimum absolute atomic E-state index is 0.0682. The number of aromatic nitrogens is 5. The summed E-state index contributed by atoms with van der Waals surface area (Å²) in [5.74, 6) is 0.840. The lowest BCUT2D eigenvalue weighted by Gasteiger charge is -2.07. The number of nitrogens with zero attached hydrogens (tertiary/aromatic N) is 5. The molecule has 1 aromatic carbocycles. The molecule has 0 spiro atoms. The first-order chi connectivity index (χ1) is 14.7. The maximum absolute atomic E-state index is 12.3. The van der Waals surface area contributed by atoms with Crippen LogP contribution in [-0.2, 0) is 11.2 Å². The van der Waals surface area contributed by atoms with Crippen molar-refractivity contribution in [3.05, 3.63) is 66.5 Å². The van der Waals surface area contributed by atoms with Crippen LogP contribution in [0.5, 0.6) is 0 Å².